The zero-order valence-electron chi connectivity index (χ0n) is 15.6. The van der Waals surface area contributed by atoms with Crippen LogP contribution in [0, 0.1) is 5.41 Å². The molecule has 0 saturated carbocycles. The Morgan fingerprint density at radius 1 is 1.04 bits per heavy atom. The summed E-state index contributed by atoms with van der Waals surface area (Å²) in [7, 11) is 3.69. The van der Waals surface area contributed by atoms with Gasteiger partial charge in [0.1, 0.15) is 0 Å². The largest absolute Gasteiger partial charge is 0.468 e. The highest BCUT2D eigenvalue weighted by Crippen LogP contribution is 2.28. The number of fused-ring (bicyclic) bond motifs is 1. The number of allylic oxidation sites excluding steroid dienone is 1. The lowest BCUT2D eigenvalue weighted by atomic mass is 9.86. The number of imide groups is 1. The van der Waals surface area contributed by atoms with E-state index in [1.54, 1.807) is 24.3 Å². The van der Waals surface area contributed by atoms with Gasteiger partial charge in [0.05, 0.1) is 25.3 Å². The molecule has 1 aliphatic heterocycles. The Balaban J connectivity index is 2.22. The SMILES string of the molecule is COC(=O)C(C)(C/C=C/C(OC)N1C(=O)c2ccccc2C1=O)C(=O)OC. The van der Waals surface area contributed by atoms with E-state index >= 15 is 0 Å². The third-order valence-electron chi connectivity index (χ3n) is 4.42. The molecule has 0 saturated heterocycles. The van der Waals surface area contributed by atoms with Gasteiger partial charge in [-0.05, 0) is 31.6 Å². The molecule has 1 heterocycles. The van der Waals surface area contributed by atoms with Crippen LogP contribution in [0.1, 0.15) is 34.1 Å². The third-order valence-corrected chi connectivity index (χ3v) is 4.42. The van der Waals surface area contributed by atoms with Crippen LogP contribution >= 0.6 is 0 Å². The molecule has 1 aromatic rings. The minimum atomic E-state index is -1.56. The Hall–Kier alpha value is -3.00. The zero-order valence-corrected chi connectivity index (χ0v) is 15.6. The monoisotopic (exact) mass is 375 g/mol. The summed E-state index contributed by atoms with van der Waals surface area (Å²) in [5.74, 6) is -2.46. The lowest BCUT2D eigenvalue weighted by Crippen LogP contribution is -2.40. The smallest absolute Gasteiger partial charge is 0.323 e. The predicted molar refractivity (Wildman–Crippen MR) is 93.6 cm³/mol. The van der Waals surface area contributed by atoms with Crippen molar-refractivity contribution in [1.29, 1.82) is 0 Å². The first-order valence-electron chi connectivity index (χ1n) is 8.15. The Bertz CT molecular complexity index is 748. The van der Waals surface area contributed by atoms with Gasteiger partial charge in [0.2, 0.25) is 0 Å². The number of ether oxygens (including phenoxy) is 3. The summed E-state index contributed by atoms with van der Waals surface area (Å²) in [6.07, 6.45) is 1.86. The maximum atomic E-state index is 12.5. The summed E-state index contributed by atoms with van der Waals surface area (Å²) in [5.41, 5.74) is -0.959. The van der Waals surface area contributed by atoms with Crippen molar-refractivity contribution < 1.29 is 33.4 Å². The zero-order chi connectivity index (χ0) is 20.2. The van der Waals surface area contributed by atoms with E-state index in [-0.39, 0.29) is 6.42 Å². The van der Waals surface area contributed by atoms with Crippen molar-refractivity contribution in [3.05, 3.63) is 47.5 Å². The van der Waals surface area contributed by atoms with Crippen molar-refractivity contribution >= 4 is 23.8 Å². The molecule has 8 nitrogen and oxygen atoms in total. The molecular formula is C19H21NO7. The molecule has 144 valence electrons. The standard InChI is InChI=1S/C19H21NO7/c1-19(17(23)26-3,18(24)27-4)11-7-10-14(25-2)20-15(21)12-8-5-6-9-13(12)16(20)22/h5-10,14H,11H2,1-4H3/b10-7+. The Labute approximate surface area is 156 Å². The highest BCUT2D eigenvalue weighted by Gasteiger charge is 2.43. The molecule has 0 radical (unpaired) electrons. The fraction of sp³-hybridized carbons (Fsp3) is 0.368. The van der Waals surface area contributed by atoms with Crippen LogP contribution in [-0.4, -0.2) is 56.2 Å². The predicted octanol–water partition coefficient (Wildman–Crippen LogP) is 1.55. The fourth-order valence-corrected chi connectivity index (χ4v) is 2.83. The molecule has 1 unspecified atom stereocenters. The molecule has 8 heteroatoms. The molecule has 27 heavy (non-hydrogen) atoms. The Morgan fingerprint density at radius 2 is 1.52 bits per heavy atom. The number of hydrogen-bond donors (Lipinski definition) is 0. The van der Waals surface area contributed by atoms with Crippen LogP contribution in [0.3, 0.4) is 0 Å². The maximum Gasteiger partial charge on any atom is 0.323 e. The van der Waals surface area contributed by atoms with Crippen LogP contribution in [0.2, 0.25) is 0 Å². The topological polar surface area (TPSA) is 99.2 Å². The van der Waals surface area contributed by atoms with Gasteiger partial charge in [0.25, 0.3) is 11.8 Å². The number of methoxy groups -OCH3 is 3. The van der Waals surface area contributed by atoms with Crippen molar-refractivity contribution in [3.63, 3.8) is 0 Å². The second-order valence-corrected chi connectivity index (χ2v) is 6.10. The van der Waals surface area contributed by atoms with Gasteiger partial charge < -0.3 is 14.2 Å². The molecule has 0 spiro atoms. The highest BCUT2D eigenvalue weighted by molar-refractivity contribution is 6.21. The van der Waals surface area contributed by atoms with Crippen LogP contribution in [0.25, 0.3) is 0 Å². The lowest BCUT2D eigenvalue weighted by molar-refractivity contribution is -0.167. The van der Waals surface area contributed by atoms with Crippen LogP contribution in [-0.2, 0) is 23.8 Å². The molecule has 0 aromatic heterocycles. The maximum absolute atomic E-state index is 12.5. The summed E-state index contributed by atoms with van der Waals surface area (Å²) in [5, 5.41) is 0. The molecular weight excluding hydrogens is 354 g/mol. The van der Waals surface area contributed by atoms with Gasteiger partial charge in [0.15, 0.2) is 11.6 Å². The average Bonchev–Trinajstić information content (AvgIpc) is 2.94. The summed E-state index contributed by atoms with van der Waals surface area (Å²) >= 11 is 0. The number of amides is 2. The van der Waals surface area contributed by atoms with Crippen molar-refractivity contribution in [2.45, 2.75) is 19.6 Å². The van der Waals surface area contributed by atoms with E-state index < -0.39 is 35.4 Å². The Morgan fingerprint density at radius 3 is 1.93 bits per heavy atom. The second-order valence-electron chi connectivity index (χ2n) is 6.10. The second kappa shape index (κ2) is 8.13. The van der Waals surface area contributed by atoms with Gasteiger partial charge in [-0.1, -0.05) is 18.2 Å². The van der Waals surface area contributed by atoms with E-state index in [0.717, 1.165) is 4.90 Å². The first-order chi connectivity index (χ1) is 12.8. The normalized spacial score (nSPS) is 15.0. The summed E-state index contributed by atoms with van der Waals surface area (Å²) in [4.78, 5) is 50.0. The first-order valence-corrected chi connectivity index (χ1v) is 8.15. The van der Waals surface area contributed by atoms with Crippen molar-refractivity contribution in [1.82, 2.24) is 4.90 Å². The van der Waals surface area contributed by atoms with E-state index in [2.05, 4.69) is 9.47 Å². The molecule has 1 atom stereocenters. The van der Waals surface area contributed by atoms with Gasteiger partial charge in [-0.2, -0.15) is 0 Å². The van der Waals surface area contributed by atoms with Gasteiger partial charge in [-0.3, -0.25) is 19.2 Å². The van der Waals surface area contributed by atoms with E-state index in [9.17, 15) is 19.2 Å². The number of rotatable bonds is 7. The summed E-state index contributed by atoms with van der Waals surface area (Å²) in [6.45, 7) is 1.39. The van der Waals surface area contributed by atoms with Gasteiger partial charge in [-0.25, -0.2) is 4.90 Å². The molecule has 0 N–H and O–H groups in total. The first kappa shape index (κ1) is 20.3. The quantitative estimate of drug-likeness (QED) is 0.309. The fourth-order valence-electron chi connectivity index (χ4n) is 2.83. The van der Waals surface area contributed by atoms with Crippen LogP contribution in [0.4, 0.5) is 0 Å². The van der Waals surface area contributed by atoms with Crippen molar-refractivity contribution in [2.24, 2.45) is 5.41 Å². The highest BCUT2D eigenvalue weighted by atomic mass is 16.5. The molecule has 2 amide bonds. The van der Waals surface area contributed by atoms with Crippen LogP contribution in [0.5, 0.6) is 0 Å². The minimum Gasteiger partial charge on any atom is -0.468 e. The lowest BCUT2D eigenvalue weighted by Gasteiger charge is -2.24. The number of carbonyl (C=O) groups is 4. The molecule has 1 aliphatic rings. The third kappa shape index (κ3) is 3.61. The van der Waals surface area contributed by atoms with Crippen LogP contribution < -0.4 is 0 Å². The van der Waals surface area contributed by atoms with Crippen molar-refractivity contribution in [3.8, 4) is 0 Å². The van der Waals surface area contributed by atoms with Gasteiger partial charge in [-0.15, -0.1) is 0 Å². The molecule has 0 fully saturated rings. The Kier molecular flexibility index (Phi) is 6.12. The van der Waals surface area contributed by atoms with E-state index in [1.165, 1.54) is 40.4 Å². The van der Waals surface area contributed by atoms with Crippen molar-refractivity contribution in [2.75, 3.05) is 21.3 Å². The van der Waals surface area contributed by atoms with Crippen LogP contribution in [0.15, 0.2) is 36.4 Å². The number of benzene rings is 1. The number of carbonyl (C=O) groups excluding carboxylic acids is 4. The molecule has 0 aliphatic carbocycles. The number of nitrogens with zero attached hydrogens (tertiary/aromatic N) is 1. The molecule has 0 bridgehead atoms. The van der Waals surface area contributed by atoms with E-state index in [1.807, 2.05) is 0 Å². The summed E-state index contributed by atoms with van der Waals surface area (Å²) in [6, 6.07) is 6.47. The minimum absolute atomic E-state index is 0.0601. The molecule has 2 rings (SSSR count). The molecule has 1 aromatic carbocycles. The number of hydrogen-bond acceptors (Lipinski definition) is 7. The van der Waals surface area contributed by atoms with Gasteiger partial charge >= 0.3 is 11.9 Å². The van der Waals surface area contributed by atoms with E-state index in [0.29, 0.717) is 11.1 Å². The average molecular weight is 375 g/mol. The summed E-state index contributed by atoms with van der Waals surface area (Å²) < 4.78 is 14.6. The van der Waals surface area contributed by atoms with E-state index in [4.69, 9.17) is 4.74 Å². The number of esters is 2. The van der Waals surface area contributed by atoms with Gasteiger partial charge in [0, 0.05) is 7.11 Å².